The largest absolute Gasteiger partial charge is 0.480 e. The van der Waals surface area contributed by atoms with Crippen molar-refractivity contribution in [2.75, 3.05) is 11.5 Å². The Balaban J connectivity index is 3.86. The van der Waals surface area contributed by atoms with E-state index in [1.807, 2.05) is 0 Å². The van der Waals surface area contributed by atoms with Crippen LogP contribution in [0.4, 0.5) is 0 Å². The number of thioether (sulfide) groups is 1. The Morgan fingerprint density at radius 1 is 1.38 bits per heavy atom. The first-order valence-corrected chi connectivity index (χ1v) is 6.45. The van der Waals surface area contributed by atoms with Gasteiger partial charge in [0, 0.05) is 12.7 Å². The van der Waals surface area contributed by atoms with E-state index < -0.39 is 12.0 Å². The summed E-state index contributed by atoms with van der Waals surface area (Å²) in [5, 5.41) is 11.3. The normalized spacial score (nSPS) is 13.2. The highest BCUT2D eigenvalue weighted by Gasteiger charge is 2.18. The first-order valence-electron chi connectivity index (χ1n) is 5.30. The standard InChI is InChI=1S/C11H21NO3S/c1-8(13)12-9(10(14)15)7-16-6-5-11(2,3)4/h9H,5-7H2,1-4H3,(H,12,13)(H,14,15). The number of amides is 1. The van der Waals surface area contributed by atoms with E-state index in [0.717, 1.165) is 12.2 Å². The third-order valence-corrected chi connectivity index (χ3v) is 3.02. The van der Waals surface area contributed by atoms with Crippen molar-refractivity contribution in [1.29, 1.82) is 0 Å². The molecule has 0 heterocycles. The van der Waals surface area contributed by atoms with Crippen LogP contribution in [0.2, 0.25) is 0 Å². The van der Waals surface area contributed by atoms with Gasteiger partial charge < -0.3 is 10.4 Å². The number of hydrogen-bond donors (Lipinski definition) is 2. The highest BCUT2D eigenvalue weighted by Crippen LogP contribution is 2.21. The molecule has 0 saturated carbocycles. The molecule has 1 atom stereocenters. The van der Waals surface area contributed by atoms with Gasteiger partial charge in [-0.15, -0.1) is 0 Å². The zero-order chi connectivity index (χ0) is 12.8. The number of nitrogens with one attached hydrogen (secondary N) is 1. The van der Waals surface area contributed by atoms with E-state index in [4.69, 9.17) is 5.11 Å². The van der Waals surface area contributed by atoms with Crippen molar-refractivity contribution in [1.82, 2.24) is 5.32 Å². The average molecular weight is 247 g/mol. The van der Waals surface area contributed by atoms with Crippen molar-refractivity contribution in [3.8, 4) is 0 Å². The number of carboxylic acid groups (broad SMARTS) is 1. The molecule has 0 aliphatic rings. The summed E-state index contributed by atoms with van der Waals surface area (Å²) in [4.78, 5) is 21.6. The van der Waals surface area contributed by atoms with E-state index >= 15 is 0 Å². The molecule has 94 valence electrons. The molecule has 0 spiro atoms. The molecular weight excluding hydrogens is 226 g/mol. The van der Waals surface area contributed by atoms with Crippen LogP contribution in [0.15, 0.2) is 0 Å². The fourth-order valence-corrected chi connectivity index (χ4v) is 2.38. The van der Waals surface area contributed by atoms with Crippen LogP contribution < -0.4 is 5.32 Å². The summed E-state index contributed by atoms with van der Waals surface area (Å²) in [5.41, 5.74) is 0.264. The highest BCUT2D eigenvalue weighted by molar-refractivity contribution is 7.99. The third-order valence-electron chi connectivity index (χ3n) is 1.96. The zero-order valence-corrected chi connectivity index (χ0v) is 11.2. The van der Waals surface area contributed by atoms with Gasteiger partial charge in [0.15, 0.2) is 0 Å². The number of carbonyl (C=O) groups is 2. The number of carbonyl (C=O) groups excluding carboxylic acids is 1. The molecule has 0 aromatic carbocycles. The van der Waals surface area contributed by atoms with Gasteiger partial charge in [-0.3, -0.25) is 4.79 Å². The number of hydrogen-bond acceptors (Lipinski definition) is 3. The summed E-state index contributed by atoms with van der Waals surface area (Å²) in [6.45, 7) is 7.78. The van der Waals surface area contributed by atoms with Gasteiger partial charge in [0.2, 0.25) is 5.91 Å². The van der Waals surface area contributed by atoms with Gasteiger partial charge in [-0.1, -0.05) is 20.8 Å². The predicted molar refractivity (Wildman–Crippen MR) is 66.6 cm³/mol. The van der Waals surface area contributed by atoms with E-state index in [1.54, 1.807) is 11.8 Å². The maximum atomic E-state index is 10.8. The Labute approximate surface area is 101 Å². The van der Waals surface area contributed by atoms with Crippen LogP contribution in [0.1, 0.15) is 34.1 Å². The first kappa shape index (κ1) is 15.3. The highest BCUT2D eigenvalue weighted by atomic mass is 32.2. The fraction of sp³-hybridized carbons (Fsp3) is 0.818. The second kappa shape index (κ2) is 6.78. The Morgan fingerprint density at radius 2 is 1.94 bits per heavy atom. The van der Waals surface area contributed by atoms with Crippen LogP contribution in [0.5, 0.6) is 0 Å². The maximum absolute atomic E-state index is 10.8. The molecule has 0 aromatic heterocycles. The molecule has 16 heavy (non-hydrogen) atoms. The summed E-state index contributed by atoms with van der Waals surface area (Å²) in [6.07, 6.45) is 1.03. The summed E-state index contributed by atoms with van der Waals surface area (Å²) in [6, 6.07) is -0.775. The van der Waals surface area contributed by atoms with Crippen LogP contribution in [0, 0.1) is 5.41 Å². The maximum Gasteiger partial charge on any atom is 0.327 e. The molecule has 1 unspecified atom stereocenters. The summed E-state index contributed by atoms with van der Waals surface area (Å²) in [5.74, 6) is 0.0555. The monoisotopic (exact) mass is 247 g/mol. The molecule has 0 bridgehead atoms. The molecule has 0 aliphatic carbocycles. The van der Waals surface area contributed by atoms with Crippen molar-refractivity contribution in [2.24, 2.45) is 5.41 Å². The molecule has 5 heteroatoms. The molecule has 2 N–H and O–H groups in total. The lowest BCUT2D eigenvalue weighted by Gasteiger charge is -2.18. The van der Waals surface area contributed by atoms with Crippen molar-refractivity contribution in [2.45, 2.75) is 40.2 Å². The van der Waals surface area contributed by atoms with E-state index in [0.29, 0.717) is 5.75 Å². The topological polar surface area (TPSA) is 66.4 Å². The second-order valence-corrected chi connectivity index (χ2v) is 6.13. The Bertz CT molecular complexity index is 248. The van der Waals surface area contributed by atoms with E-state index in [1.165, 1.54) is 6.92 Å². The zero-order valence-electron chi connectivity index (χ0n) is 10.4. The summed E-state index contributed by atoms with van der Waals surface area (Å²) >= 11 is 1.56. The second-order valence-electron chi connectivity index (χ2n) is 4.98. The van der Waals surface area contributed by atoms with Gasteiger partial charge in [-0.25, -0.2) is 4.79 Å². The Kier molecular flexibility index (Phi) is 6.48. The van der Waals surface area contributed by atoms with E-state index in [-0.39, 0.29) is 11.3 Å². The SMILES string of the molecule is CC(=O)NC(CSCCC(C)(C)C)C(=O)O. The lowest BCUT2D eigenvalue weighted by Crippen LogP contribution is -2.41. The molecule has 0 rings (SSSR count). The average Bonchev–Trinajstić information content (AvgIpc) is 2.07. The minimum atomic E-state index is -0.974. The molecular formula is C11H21NO3S. The number of rotatable bonds is 6. The van der Waals surface area contributed by atoms with Crippen LogP contribution >= 0.6 is 11.8 Å². The van der Waals surface area contributed by atoms with Crippen molar-refractivity contribution in [3.05, 3.63) is 0 Å². The summed E-state index contributed by atoms with van der Waals surface area (Å²) < 4.78 is 0. The van der Waals surface area contributed by atoms with Gasteiger partial charge in [0.05, 0.1) is 0 Å². The number of carboxylic acids is 1. The minimum Gasteiger partial charge on any atom is -0.480 e. The third kappa shape index (κ3) is 8.59. The molecule has 4 nitrogen and oxygen atoms in total. The van der Waals surface area contributed by atoms with Crippen LogP contribution in [-0.4, -0.2) is 34.5 Å². The lowest BCUT2D eigenvalue weighted by molar-refractivity contribution is -0.140. The van der Waals surface area contributed by atoms with Gasteiger partial charge in [-0.05, 0) is 17.6 Å². The van der Waals surface area contributed by atoms with Crippen molar-refractivity contribution < 1.29 is 14.7 Å². The van der Waals surface area contributed by atoms with Gasteiger partial charge in [-0.2, -0.15) is 11.8 Å². The smallest absolute Gasteiger partial charge is 0.327 e. The van der Waals surface area contributed by atoms with Gasteiger partial charge >= 0.3 is 5.97 Å². The van der Waals surface area contributed by atoms with E-state index in [2.05, 4.69) is 26.1 Å². The predicted octanol–water partition coefficient (Wildman–Crippen LogP) is 1.75. The van der Waals surface area contributed by atoms with Crippen molar-refractivity contribution in [3.63, 3.8) is 0 Å². The fourth-order valence-electron chi connectivity index (χ4n) is 1.000. The Hall–Kier alpha value is -0.710. The summed E-state index contributed by atoms with van der Waals surface area (Å²) in [7, 11) is 0. The number of aliphatic carboxylic acids is 1. The van der Waals surface area contributed by atoms with E-state index in [9.17, 15) is 9.59 Å². The van der Waals surface area contributed by atoms with Crippen molar-refractivity contribution >= 4 is 23.6 Å². The molecule has 0 saturated heterocycles. The van der Waals surface area contributed by atoms with Crippen LogP contribution in [-0.2, 0) is 9.59 Å². The minimum absolute atomic E-state index is 0.264. The first-order chi connectivity index (χ1) is 7.22. The lowest BCUT2D eigenvalue weighted by atomic mass is 9.94. The molecule has 1 amide bonds. The van der Waals surface area contributed by atoms with Crippen LogP contribution in [0.3, 0.4) is 0 Å². The molecule has 0 aliphatic heterocycles. The van der Waals surface area contributed by atoms with Gasteiger partial charge in [0.25, 0.3) is 0 Å². The Morgan fingerprint density at radius 3 is 2.31 bits per heavy atom. The quantitative estimate of drug-likeness (QED) is 0.702. The molecule has 0 fully saturated rings. The van der Waals surface area contributed by atoms with Crippen LogP contribution in [0.25, 0.3) is 0 Å². The molecule has 0 aromatic rings. The molecule has 0 radical (unpaired) electrons. The van der Waals surface area contributed by atoms with Gasteiger partial charge in [0.1, 0.15) is 6.04 Å².